The monoisotopic (exact) mass is 345 g/mol. The molecule has 2 fully saturated rings. The highest BCUT2D eigenvalue weighted by atomic mass is 16.4. The number of piperidine rings is 1. The maximum atomic E-state index is 11.2. The third-order valence-electron chi connectivity index (χ3n) is 3.08. The van der Waals surface area contributed by atoms with Gasteiger partial charge in [-0.1, -0.05) is 6.08 Å². The Balaban J connectivity index is 0.000000558. The van der Waals surface area contributed by atoms with Crippen LogP contribution in [0, 0.1) is 0 Å². The van der Waals surface area contributed by atoms with Gasteiger partial charge < -0.3 is 26.0 Å². The van der Waals surface area contributed by atoms with Crippen LogP contribution < -0.4 is 10.6 Å². The van der Waals surface area contributed by atoms with Crippen LogP contribution in [-0.2, 0) is 14.4 Å². The van der Waals surface area contributed by atoms with Gasteiger partial charge in [0.1, 0.15) is 0 Å². The molecule has 5 N–H and O–H groups in total. The summed E-state index contributed by atoms with van der Waals surface area (Å²) >= 11 is 0. The zero-order chi connectivity index (χ0) is 18.5. The van der Waals surface area contributed by atoms with Crippen LogP contribution in [0.15, 0.2) is 11.6 Å². The minimum atomic E-state index is -0.833. The number of nitrogens with zero attached hydrogens (tertiary/aromatic N) is 1. The topological polar surface area (TPSA) is 139 Å². The summed E-state index contributed by atoms with van der Waals surface area (Å²) in [6, 6.07) is 0. The largest absolute Gasteiger partial charge is 0.481 e. The van der Waals surface area contributed by atoms with Gasteiger partial charge in [0, 0.05) is 40.0 Å². The summed E-state index contributed by atoms with van der Waals surface area (Å²) in [5, 5.41) is 30.6. The van der Waals surface area contributed by atoms with Crippen molar-refractivity contribution in [1.29, 1.82) is 0 Å². The number of carboxylic acid groups (broad SMARTS) is 2. The quantitative estimate of drug-likeness (QED) is 0.397. The summed E-state index contributed by atoms with van der Waals surface area (Å²) in [6.07, 6.45) is 2.53. The first-order valence-corrected chi connectivity index (χ1v) is 7.68. The number of carbonyl (C=O) groups excluding carboxylic acids is 1. The summed E-state index contributed by atoms with van der Waals surface area (Å²) in [4.78, 5) is 31.2. The van der Waals surface area contributed by atoms with Crippen LogP contribution in [0.1, 0.15) is 20.3 Å². The number of aliphatic hydroxyl groups excluding tert-OH is 1. The normalized spacial score (nSPS) is 22.4. The molecule has 0 aromatic heterocycles. The van der Waals surface area contributed by atoms with Crippen molar-refractivity contribution >= 4 is 17.8 Å². The van der Waals surface area contributed by atoms with E-state index in [1.54, 1.807) is 0 Å². The fourth-order valence-corrected chi connectivity index (χ4v) is 2.08. The molecular weight excluding hydrogens is 318 g/mol. The number of hydrogen-bond donors (Lipinski definition) is 5. The second kappa shape index (κ2) is 12.5. The number of rotatable bonds is 2. The lowest BCUT2D eigenvalue weighted by Gasteiger charge is -2.27. The Hall–Kier alpha value is -1.97. The van der Waals surface area contributed by atoms with Crippen molar-refractivity contribution in [1.82, 2.24) is 15.5 Å². The molecule has 2 saturated heterocycles. The van der Waals surface area contributed by atoms with Crippen LogP contribution in [0.2, 0.25) is 0 Å². The highest BCUT2D eigenvalue weighted by Gasteiger charge is 2.17. The van der Waals surface area contributed by atoms with Crippen LogP contribution in [0.25, 0.3) is 0 Å². The summed E-state index contributed by atoms with van der Waals surface area (Å²) in [5.74, 6) is -1.58. The Bertz CT molecular complexity index is 432. The van der Waals surface area contributed by atoms with Gasteiger partial charge in [-0.05, 0) is 18.5 Å². The lowest BCUT2D eigenvalue weighted by atomic mass is 10.0. The van der Waals surface area contributed by atoms with Gasteiger partial charge in [0.15, 0.2) is 0 Å². The number of nitrogens with one attached hydrogen (secondary N) is 2. The molecule has 9 nitrogen and oxygen atoms in total. The summed E-state index contributed by atoms with van der Waals surface area (Å²) in [7, 11) is 0. The lowest BCUT2D eigenvalue weighted by molar-refractivity contribution is -0.135. The van der Waals surface area contributed by atoms with E-state index in [1.165, 1.54) is 0 Å². The zero-order valence-corrected chi connectivity index (χ0v) is 14.1. The van der Waals surface area contributed by atoms with Crippen molar-refractivity contribution in [2.24, 2.45) is 0 Å². The Kier molecular flexibility index (Phi) is 11.4. The maximum absolute atomic E-state index is 11.2. The smallest absolute Gasteiger partial charge is 0.300 e. The molecule has 0 bridgehead atoms. The molecule has 0 aromatic rings. The summed E-state index contributed by atoms with van der Waals surface area (Å²) in [6.45, 7) is 6.64. The van der Waals surface area contributed by atoms with E-state index in [1.807, 2.05) is 0 Å². The van der Waals surface area contributed by atoms with Crippen molar-refractivity contribution in [3.8, 4) is 0 Å². The average Bonchev–Trinajstić information content (AvgIpc) is 2.45. The average molecular weight is 345 g/mol. The molecule has 1 unspecified atom stereocenters. The highest BCUT2D eigenvalue weighted by Crippen LogP contribution is 2.10. The van der Waals surface area contributed by atoms with Gasteiger partial charge in [0.05, 0.1) is 12.6 Å². The number of aliphatic hydroxyl groups is 1. The lowest BCUT2D eigenvalue weighted by Crippen LogP contribution is -2.47. The third-order valence-corrected chi connectivity index (χ3v) is 3.08. The van der Waals surface area contributed by atoms with Crippen LogP contribution in [0.4, 0.5) is 0 Å². The third kappa shape index (κ3) is 12.6. The molecular formula is C15H27N3O6. The number of hydrogen-bond acceptors (Lipinski definition) is 6. The predicted molar refractivity (Wildman–Crippen MR) is 87.6 cm³/mol. The zero-order valence-electron chi connectivity index (χ0n) is 14.1. The minimum absolute atomic E-state index is 0.0898. The molecule has 2 aliphatic rings. The van der Waals surface area contributed by atoms with Crippen molar-refractivity contribution in [2.45, 2.75) is 26.4 Å². The Morgan fingerprint density at radius 3 is 2.33 bits per heavy atom. The molecule has 2 heterocycles. The van der Waals surface area contributed by atoms with Crippen LogP contribution in [-0.4, -0.2) is 83.4 Å². The maximum Gasteiger partial charge on any atom is 0.300 e. The Morgan fingerprint density at radius 2 is 1.83 bits per heavy atom. The second-order valence-electron chi connectivity index (χ2n) is 5.38. The molecule has 0 aromatic carbocycles. The molecule has 1 amide bonds. The minimum Gasteiger partial charge on any atom is -0.481 e. The Morgan fingerprint density at radius 1 is 1.25 bits per heavy atom. The molecule has 1 atom stereocenters. The van der Waals surface area contributed by atoms with Crippen LogP contribution >= 0.6 is 0 Å². The fraction of sp³-hybridized carbons (Fsp3) is 0.667. The standard InChI is InChI=1S/C11H19N3O2.2C2H4O2/c15-10-1-3-12-7-9(10)2-5-14-6-4-13-11(16)8-14;2*1-2(3)4/h2,10,12,15H,1,3-8H2,(H,13,16);2*1H3,(H,3,4)/b9-2+;;. The van der Waals surface area contributed by atoms with E-state index >= 15 is 0 Å². The second-order valence-corrected chi connectivity index (χ2v) is 5.38. The molecule has 0 radical (unpaired) electrons. The molecule has 24 heavy (non-hydrogen) atoms. The van der Waals surface area contributed by atoms with Crippen molar-refractivity contribution in [3.05, 3.63) is 11.6 Å². The van der Waals surface area contributed by atoms with E-state index in [-0.39, 0.29) is 12.0 Å². The van der Waals surface area contributed by atoms with Gasteiger partial charge in [-0.15, -0.1) is 0 Å². The first kappa shape index (κ1) is 22.0. The van der Waals surface area contributed by atoms with Gasteiger partial charge >= 0.3 is 0 Å². The van der Waals surface area contributed by atoms with E-state index in [4.69, 9.17) is 19.8 Å². The molecule has 0 saturated carbocycles. The van der Waals surface area contributed by atoms with Crippen LogP contribution in [0.5, 0.6) is 0 Å². The van der Waals surface area contributed by atoms with Gasteiger partial charge in [0.25, 0.3) is 11.9 Å². The summed E-state index contributed by atoms with van der Waals surface area (Å²) in [5.41, 5.74) is 1.05. The first-order chi connectivity index (χ1) is 11.2. The molecule has 0 aliphatic carbocycles. The first-order valence-electron chi connectivity index (χ1n) is 7.68. The van der Waals surface area contributed by atoms with E-state index in [9.17, 15) is 9.90 Å². The number of carboxylic acids is 2. The van der Waals surface area contributed by atoms with Gasteiger partial charge in [-0.3, -0.25) is 19.3 Å². The molecule has 138 valence electrons. The predicted octanol–water partition coefficient (Wildman–Crippen LogP) is -1.12. The van der Waals surface area contributed by atoms with E-state index in [0.717, 1.165) is 58.6 Å². The number of carbonyl (C=O) groups is 3. The van der Waals surface area contributed by atoms with E-state index in [2.05, 4.69) is 21.6 Å². The van der Waals surface area contributed by atoms with E-state index < -0.39 is 11.9 Å². The fourth-order valence-electron chi connectivity index (χ4n) is 2.08. The van der Waals surface area contributed by atoms with Gasteiger partial charge in [-0.2, -0.15) is 0 Å². The number of amides is 1. The van der Waals surface area contributed by atoms with E-state index in [0.29, 0.717) is 6.54 Å². The number of piperazine rings is 1. The molecule has 2 rings (SSSR count). The van der Waals surface area contributed by atoms with Gasteiger partial charge in [-0.25, -0.2) is 0 Å². The Labute approximate surface area is 141 Å². The number of aliphatic carboxylic acids is 2. The summed E-state index contributed by atoms with van der Waals surface area (Å²) < 4.78 is 0. The molecule has 9 heteroatoms. The SMILES string of the molecule is CC(=O)O.CC(=O)O.O=C1CN(C/C=C2\CNCCC2O)CCN1. The molecule has 2 aliphatic heterocycles. The van der Waals surface area contributed by atoms with Gasteiger partial charge in [0.2, 0.25) is 5.91 Å². The molecule has 0 spiro atoms. The van der Waals surface area contributed by atoms with Crippen molar-refractivity contribution < 1.29 is 29.7 Å². The van der Waals surface area contributed by atoms with Crippen molar-refractivity contribution in [3.63, 3.8) is 0 Å². The van der Waals surface area contributed by atoms with Crippen molar-refractivity contribution in [2.75, 3.05) is 39.3 Å². The van der Waals surface area contributed by atoms with Crippen LogP contribution in [0.3, 0.4) is 0 Å². The highest BCUT2D eigenvalue weighted by molar-refractivity contribution is 5.78.